The lowest BCUT2D eigenvalue weighted by Gasteiger charge is -2.53. The van der Waals surface area contributed by atoms with Gasteiger partial charge in [-0.15, -0.1) is 6.58 Å². The first kappa shape index (κ1) is 20.1. The summed E-state index contributed by atoms with van der Waals surface area (Å²) < 4.78 is 19.1. The lowest BCUT2D eigenvalue weighted by Crippen LogP contribution is -2.62. The fourth-order valence-electron chi connectivity index (χ4n) is 3.47. The third kappa shape index (κ3) is 4.13. The summed E-state index contributed by atoms with van der Waals surface area (Å²) in [5.41, 5.74) is -0.321. The quantitative estimate of drug-likeness (QED) is 0.596. The molecule has 5 atom stereocenters. The normalized spacial score (nSPS) is 36.0. The van der Waals surface area contributed by atoms with Gasteiger partial charge in [-0.3, -0.25) is 0 Å². The van der Waals surface area contributed by atoms with E-state index >= 15 is 0 Å². The maximum Gasteiger partial charge on any atom is 0.192 e. The molecule has 2 aliphatic rings. The van der Waals surface area contributed by atoms with Crippen LogP contribution in [0.5, 0.6) is 0 Å². The third-order valence-electron chi connectivity index (χ3n) is 6.08. The van der Waals surface area contributed by atoms with Gasteiger partial charge in [-0.2, -0.15) is 0 Å². The van der Waals surface area contributed by atoms with Crippen LogP contribution in [0.25, 0.3) is 0 Å². The van der Waals surface area contributed by atoms with Crippen LogP contribution >= 0.6 is 0 Å². The minimum absolute atomic E-state index is 0.0493. The van der Waals surface area contributed by atoms with Crippen molar-refractivity contribution in [1.29, 1.82) is 0 Å². The summed E-state index contributed by atoms with van der Waals surface area (Å²) in [6, 6.07) is 0. The molecule has 2 rings (SSSR count). The molecule has 0 amide bonds. The van der Waals surface area contributed by atoms with Crippen LogP contribution in [0.15, 0.2) is 12.7 Å². The van der Waals surface area contributed by atoms with Crippen molar-refractivity contribution in [3.8, 4) is 0 Å². The van der Waals surface area contributed by atoms with Crippen molar-refractivity contribution < 1.29 is 19.0 Å². The van der Waals surface area contributed by atoms with Crippen molar-refractivity contribution >= 4 is 8.32 Å². The minimum atomic E-state index is -1.96. The topological polar surface area (TPSA) is 47.9 Å². The highest BCUT2D eigenvalue weighted by Crippen LogP contribution is 2.44. The Morgan fingerprint density at radius 2 is 2.08 bits per heavy atom. The molecule has 140 valence electrons. The molecule has 24 heavy (non-hydrogen) atoms. The molecule has 0 spiro atoms. The standard InChI is InChI=1S/C19H36O4Si/c1-8-10-14(20)17-15(23-24(6,7)18(2,3)4)13-16-19(5,22-17)11-9-12-21-16/h8,14-17,20H,1,9-13H2,2-7H3/t14-,15-,16+,17+,19-/m0/s1. The van der Waals surface area contributed by atoms with Crippen molar-refractivity contribution in [3.05, 3.63) is 12.7 Å². The highest BCUT2D eigenvalue weighted by molar-refractivity contribution is 6.74. The van der Waals surface area contributed by atoms with Crippen molar-refractivity contribution in [2.24, 2.45) is 0 Å². The maximum atomic E-state index is 10.6. The van der Waals surface area contributed by atoms with Crippen LogP contribution in [0, 0.1) is 0 Å². The molecule has 2 saturated heterocycles. The van der Waals surface area contributed by atoms with E-state index in [1.807, 2.05) is 0 Å². The fraction of sp³-hybridized carbons (Fsp3) is 0.895. The van der Waals surface area contributed by atoms with Crippen molar-refractivity contribution in [3.63, 3.8) is 0 Å². The number of rotatable bonds is 5. The Balaban J connectivity index is 2.23. The zero-order valence-electron chi connectivity index (χ0n) is 16.3. The molecule has 2 aliphatic heterocycles. The molecule has 2 fully saturated rings. The van der Waals surface area contributed by atoms with Crippen molar-refractivity contribution in [2.45, 2.75) is 102 Å². The monoisotopic (exact) mass is 356 g/mol. The molecule has 0 radical (unpaired) electrons. The zero-order chi connectivity index (χ0) is 18.2. The molecule has 2 heterocycles. The van der Waals surface area contributed by atoms with Crippen molar-refractivity contribution in [1.82, 2.24) is 0 Å². The summed E-state index contributed by atoms with van der Waals surface area (Å²) in [4.78, 5) is 0. The van der Waals surface area contributed by atoms with Crippen LogP contribution < -0.4 is 0 Å². The molecule has 0 aromatic carbocycles. The van der Waals surface area contributed by atoms with Gasteiger partial charge in [0.05, 0.1) is 23.9 Å². The molecule has 0 saturated carbocycles. The zero-order valence-corrected chi connectivity index (χ0v) is 17.3. The van der Waals surface area contributed by atoms with E-state index in [-0.39, 0.29) is 29.0 Å². The molecule has 0 bridgehead atoms. The van der Waals surface area contributed by atoms with Crippen LogP contribution in [0.3, 0.4) is 0 Å². The van der Waals surface area contributed by atoms with E-state index in [0.717, 1.165) is 25.9 Å². The molecular weight excluding hydrogens is 320 g/mol. The van der Waals surface area contributed by atoms with Gasteiger partial charge >= 0.3 is 0 Å². The number of aliphatic hydroxyl groups excluding tert-OH is 1. The summed E-state index contributed by atoms with van der Waals surface area (Å²) in [6.07, 6.45) is 4.06. The molecule has 4 nitrogen and oxygen atoms in total. The number of hydrogen-bond acceptors (Lipinski definition) is 4. The SMILES string of the molecule is C=CC[C@H](O)[C@H]1O[C@@]2(C)CCCO[C@@H]2C[C@@H]1O[Si](C)(C)C(C)(C)C. The second-order valence-corrected chi connectivity index (χ2v) is 13.9. The predicted molar refractivity (Wildman–Crippen MR) is 99.8 cm³/mol. The van der Waals surface area contributed by atoms with E-state index in [1.165, 1.54) is 0 Å². The van der Waals surface area contributed by atoms with E-state index in [9.17, 15) is 5.11 Å². The summed E-state index contributed by atoms with van der Waals surface area (Å²) in [5.74, 6) is 0. The largest absolute Gasteiger partial charge is 0.411 e. The molecule has 0 aromatic rings. The number of hydrogen-bond donors (Lipinski definition) is 1. The predicted octanol–water partition coefficient (Wildman–Crippen LogP) is 4.04. The fourth-order valence-corrected chi connectivity index (χ4v) is 4.81. The highest BCUT2D eigenvalue weighted by Gasteiger charge is 2.52. The molecule has 0 aromatic heterocycles. The van der Waals surface area contributed by atoms with Gasteiger partial charge in [-0.25, -0.2) is 0 Å². The molecule has 5 heteroatoms. The molecule has 1 N–H and O–H groups in total. The summed E-state index contributed by atoms with van der Waals surface area (Å²) in [7, 11) is -1.96. The lowest BCUT2D eigenvalue weighted by molar-refractivity contribution is -0.264. The Bertz CT molecular complexity index is 445. The lowest BCUT2D eigenvalue weighted by atomic mass is 9.82. The second kappa shape index (κ2) is 7.20. The average molecular weight is 357 g/mol. The Labute approximate surface area is 148 Å². The van der Waals surface area contributed by atoms with Gasteiger partial charge in [0.1, 0.15) is 6.10 Å². The summed E-state index contributed by atoms with van der Waals surface area (Å²) in [6.45, 7) is 17.9. The average Bonchev–Trinajstić information content (AvgIpc) is 2.45. The summed E-state index contributed by atoms with van der Waals surface area (Å²) >= 11 is 0. The van der Waals surface area contributed by atoms with Crippen LogP contribution in [0.2, 0.25) is 18.1 Å². The Morgan fingerprint density at radius 3 is 2.67 bits per heavy atom. The Morgan fingerprint density at radius 1 is 1.42 bits per heavy atom. The van der Waals surface area contributed by atoms with E-state index in [2.05, 4.69) is 47.4 Å². The first-order valence-electron chi connectivity index (χ1n) is 9.26. The van der Waals surface area contributed by atoms with Gasteiger partial charge in [0, 0.05) is 13.0 Å². The van der Waals surface area contributed by atoms with Gasteiger partial charge in [-0.1, -0.05) is 26.8 Å². The van der Waals surface area contributed by atoms with Gasteiger partial charge < -0.3 is 19.0 Å². The van der Waals surface area contributed by atoms with Gasteiger partial charge in [-0.05, 0) is 44.3 Å². The van der Waals surface area contributed by atoms with Crippen LogP contribution in [0.1, 0.15) is 53.4 Å². The van der Waals surface area contributed by atoms with Gasteiger partial charge in [0.25, 0.3) is 0 Å². The number of fused-ring (bicyclic) bond motifs is 1. The van der Waals surface area contributed by atoms with Gasteiger partial charge in [0.2, 0.25) is 0 Å². The van der Waals surface area contributed by atoms with Crippen LogP contribution in [0.4, 0.5) is 0 Å². The first-order chi connectivity index (χ1) is 11.0. The maximum absolute atomic E-state index is 10.6. The minimum Gasteiger partial charge on any atom is -0.411 e. The van der Waals surface area contributed by atoms with Crippen molar-refractivity contribution in [2.75, 3.05) is 6.61 Å². The smallest absolute Gasteiger partial charge is 0.192 e. The Hall–Kier alpha value is -0.203. The second-order valence-electron chi connectivity index (χ2n) is 9.10. The number of ether oxygens (including phenoxy) is 2. The van der Waals surface area contributed by atoms with Crippen LogP contribution in [-0.4, -0.2) is 50.0 Å². The van der Waals surface area contributed by atoms with Gasteiger partial charge in [0.15, 0.2) is 8.32 Å². The van der Waals surface area contributed by atoms with E-state index in [1.54, 1.807) is 6.08 Å². The van der Waals surface area contributed by atoms with E-state index in [4.69, 9.17) is 13.9 Å². The highest BCUT2D eigenvalue weighted by atomic mass is 28.4. The number of aliphatic hydroxyl groups is 1. The van der Waals surface area contributed by atoms with E-state index in [0.29, 0.717) is 6.42 Å². The summed E-state index contributed by atoms with van der Waals surface area (Å²) in [5, 5.41) is 10.8. The molecule has 0 aliphatic carbocycles. The third-order valence-corrected chi connectivity index (χ3v) is 10.6. The molecule has 0 unspecified atom stereocenters. The van der Waals surface area contributed by atoms with E-state index < -0.39 is 14.4 Å². The van der Waals surface area contributed by atoms with Crippen LogP contribution in [-0.2, 0) is 13.9 Å². The first-order valence-corrected chi connectivity index (χ1v) is 12.2. The Kier molecular flexibility index (Phi) is 6.03. The molecular formula is C19H36O4Si.